The molecule has 1 aromatic heterocycles. The number of hydrogen-bond acceptors (Lipinski definition) is 6. The largest absolute Gasteiger partial charge is 0.332 e. The van der Waals surface area contributed by atoms with Crippen LogP contribution in [0.2, 0.25) is 0 Å². The monoisotopic (exact) mass is 440 g/mol. The molecule has 4 aliphatic carbocycles. The third-order valence-corrected chi connectivity index (χ3v) is 8.09. The summed E-state index contributed by atoms with van der Waals surface area (Å²) in [7, 11) is 0. The Hall–Kier alpha value is -2.40. The van der Waals surface area contributed by atoms with Gasteiger partial charge in [-0.3, -0.25) is 14.9 Å². The maximum Gasteiger partial charge on any atom is 0.321 e. The molecule has 0 unspecified atom stereocenters. The van der Waals surface area contributed by atoms with Crippen molar-refractivity contribution in [3.8, 4) is 6.07 Å². The minimum absolute atomic E-state index is 0.162. The Labute approximate surface area is 186 Å². The number of nitrogens with one attached hydrogen (secondary N) is 2. The lowest BCUT2D eigenvalue weighted by Gasteiger charge is -2.56. The van der Waals surface area contributed by atoms with Crippen molar-refractivity contribution in [2.45, 2.75) is 75.1 Å². The first kappa shape index (κ1) is 21.8. The fraction of sp³-hybridized carbons (Fsp3) is 0.609. The highest BCUT2D eigenvalue weighted by atomic mass is 32.2. The maximum atomic E-state index is 12.6. The molecule has 1 atom stereocenters. The Morgan fingerprint density at radius 2 is 1.77 bits per heavy atom. The number of nitrogens with zero attached hydrogens (tertiary/aromatic N) is 2. The van der Waals surface area contributed by atoms with Gasteiger partial charge in [-0.25, -0.2) is 9.78 Å². The van der Waals surface area contributed by atoms with E-state index in [9.17, 15) is 19.6 Å². The Morgan fingerprint density at radius 3 is 2.29 bits per heavy atom. The van der Waals surface area contributed by atoms with Crippen molar-refractivity contribution in [1.29, 1.82) is 5.26 Å². The third kappa shape index (κ3) is 4.47. The predicted molar refractivity (Wildman–Crippen MR) is 117 cm³/mol. The molecule has 1 heterocycles. The Kier molecular flexibility index (Phi) is 5.82. The zero-order chi connectivity index (χ0) is 22.3. The van der Waals surface area contributed by atoms with Gasteiger partial charge >= 0.3 is 6.03 Å². The van der Waals surface area contributed by atoms with E-state index < -0.39 is 17.2 Å². The number of hydrogen-bond donors (Lipinski definition) is 2. The quantitative estimate of drug-likeness (QED) is 0.533. The molecule has 4 aliphatic rings. The molecule has 0 spiro atoms. The summed E-state index contributed by atoms with van der Waals surface area (Å²) in [5, 5.41) is 14.8. The topological polar surface area (TPSA) is 112 Å². The van der Waals surface area contributed by atoms with Crippen LogP contribution in [0.1, 0.15) is 74.0 Å². The molecule has 164 valence electrons. The molecular formula is C23H28N4O3S. The van der Waals surface area contributed by atoms with Crippen molar-refractivity contribution in [3.05, 3.63) is 22.9 Å². The molecule has 4 fully saturated rings. The van der Waals surface area contributed by atoms with Crippen molar-refractivity contribution >= 4 is 29.5 Å². The van der Waals surface area contributed by atoms with E-state index in [0.717, 1.165) is 31.0 Å². The van der Waals surface area contributed by atoms with Crippen molar-refractivity contribution in [2.75, 3.05) is 0 Å². The lowest BCUT2D eigenvalue weighted by Crippen LogP contribution is -2.62. The second-order valence-corrected chi connectivity index (χ2v) is 10.9. The van der Waals surface area contributed by atoms with E-state index in [0.29, 0.717) is 34.0 Å². The molecule has 0 aliphatic heterocycles. The molecule has 7 nitrogen and oxygen atoms in total. The highest BCUT2D eigenvalue weighted by Crippen LogP contribution is 2.55. The molecule has 0 saturated heterocycles. The van der Waals surface area contributed by atoms with E-state index in [1.807, 2.05) is 6.07 Å². The SMILES string of the molecule is CC(=O)c1cc(C#N)c(S[C@@H](C)C(=O)NC(=O)NC23CC4CC(CC(C4)C2)C3)nc1C. The van der Waals surface area contributed by atoms with E-state index in [1.54, 1.807) is 13.8 Å². The summed E-state index contributed by atoms with van der Waals surface area (Å²) in [6.45, 7) is 4.80. The van der Waals surface area contributed by atoms with Crippen LogP contribution in [0.5, 0.6) is 0 Å². The van der Waals surface area contributed by atoms with E-state index in [-0.39, 0.29) is 16.9 Å². The molecule has 8 heteroatoms. The number of amides is 3. The van der Waals surface area contributed by atoms with Gasteiger partial charge in [0.15, 0.2) is 5.78 Å². The zero-order valence-corrected chi connectivity index (χ0v) is 19.0. The van der Waals surface area contributed by atoms with E-state index in [2.05, 4.69) is 15.6 Å². The summed E-state index contributed by atoms with van der Waals surface area (Å²) < 4.78 is 0. The number of pyridine rings is 1. The summed E-state index contributed by atoms with van der Waals surface area (Å²) in [6, 6.07) is 3.12. The average molecular weight is 441 g/mol. The normalized spacial score (nSPS) is 29.2. The first-order valence-electron chi connectivity index (χ1n) is 10.9. The van der Waals surface area contributed by atoms with Crippen molar-refractivity contribution in [2.24, 2.45) is 17.8 Å². The summed E-state index contributed by atoms with van der Waals surface area (Å²) >= 11 is 1.11. The molecule has 4 bridgehead atoms. The highest BCUT2D eigenvalue weighted by molar-refractivity contribution is 8.00. The first-order valence-corrected chi connectivity index (χ1v) is 11.8. The van der Waals surface area contributed by atoms with Crippen LogP contribution < -0.4 is 10.6 Å². The molecule has 2 N–H and O–H groups in total. The zero-order valence-electron chi connectivity index (χ0n) is 18.2. The van der Waals surface area contributed by atoms with Gasteiger partial charge in [0.05, 0.1) is 10.8 Å². The van der Waals surface area contributed by atoms with Crippen molar-refractivity contribution < 1.29 is 14.4 Å². The van der Waals surface area contributed by atoms with Gasteiger partial charge in [-0.1, -0.05) is 11.8 Å². The number of aromatic nitrogens is 1. The van der Waals surface area contributed by atoms with Crippen LogP contribution in [-0.4, -0.2) is 33.5 Å². The smallest absolute Gasteiger partial charge is 0.321 e. The van der Waals surface area contributed by atoms with Crippen molar-refractivity contribution in [1.82, 2.24) is 15.6 Å². The Balaban J connectivity index is 1.38. The summed E-state index contributed by atoms with van der Waals surface area (Å²) in [5.41, 5.74) is 0.998. The molecule has 0 radical (unpaired) electrons. The van der Waals surface area contributed by atoms with Crippen LogP contribution in [-0.2, 0) is 4.79 Å². The summed E-state index contributed by atoms with van der Waals surface area (Å²) in [6.07, 6.45) is 6.90. The van der Waals surface area contributed by atoms with Gasteiger partial charge in [0.2, 0.25) is 5.91 Å². The molecule has 5 rings (SSSR count). The van der Waals surface area contributed by atoms with Gasteiger partial charge in [-0.2, -0.15) is 5.26 Å². The molecular weight excluding hydrogens is 412 g/mol. The van der Waals surface area contributed by atoms with Crippen molar-refractivity contribution in [3.63, 3.8) is 0 Å². The fourth-order valence-corrected chi connectivity index (χ4v) is 7.00. The van der Waals surface area contributed by atoms with Gasteiger partial charge < -0.3 is 5.32 Å². The van der Waals surface area contributed by atoms with E-state index in [1.165, 1.54) is 32.3 Å². The molecule has 1 aromatic rings. The Morgan fingerprint density at radius 1 is 1.19 bits per heavy atom. The number of imide groups is 1. The molecule has 0 aromatic carbocycles. The number of nitriles is 1. The van der Waals surface area contributed by atoms with Gasteiger partial charge in [0.25, 0.3) is 0 Å². The van der Waals surface area contributed by atoms with Gasteiger partial charge in [-0.15, -0.1) is 0 Å². The van der Waals surface area contributed by atoms with Crippen LogP contribution >= 0.6 is 11.8 Å². The summed E-state index contributed by atoms with van der Waals surface area (Å²) in [4.78, 5) is 41.3. The lowest BCUT2D eigenvalue weighted by molar-refractivity contribution is -0.119. The van der Waals surface area contributed by atoms with E-state index in [4.69, 9.17) is 0 Å². The number of carbonyl (C=O) groups excluding carboxylic acids is 3. The molecule has 4 saturated carbocycles. The van der Waals surface area contributed by atoms with E-state index >= 15 is 0 Å². The predicted octanol–water partition coefficient (Wildman–Crippen LogP) is 3.74. The number of aryl methyl sites for hydroxylation is 1. The van der Waals surface area contributed by atoms with Crippen LogP contribution in [0.15, 0.2) is 11.1 Å². The van der Waals surface area contributed by atoms with Crippen LogP contribution in [0.4, 0.5) is 4.79 Å². The van der Waals surface area contributed by atoms with Crippen LogP contribution in [0.25, 0.3) is 0 Å². The number of thioether (sulfide) groups is 1. The number of urea groups is 1. The summed E-state index contributed by atoms with van der Waals surface area (Å²) in [5.74, 6) is 1.52. The average Bonchev–Trinajstić information content (AvgIpc) is 2.66. The maximum absolute atomic E-state index is 12.6. The number of rotatable bonds is 5. The fourth-order valence-electron chi connectivity index (χ4n) is 6.08. The first-order chi connectivity index (χ1) is 14.7. The second kappa shape index (κ2) is 8.27. The molecule has 3 amide bonds. The van der Waals surface area contributed by atoms with Gasteiger partial charge in [-0.05, 0) is 83.1 Å². The minimum atomic E-state index is -0.621. The number of carbonyl (C=O) groups is 3. The van der Waals surface area contributed by atoms with Gasteiger partial charge in [0, 0.05) is 16.8 Å². The van der Waals surface area contributed by atoms with Crippen LogP contribution in [0.3, 0.4) is 0 Å². The number of ketones is 1. The minimum Gasteiger partial charge on any atom is -0.332 e. The van der Waals surface area contributed by atoms with Crippen LogP contribution in [0, 0.1) is 36.0 Å². The lowest BCUT2D eigenvalue weighted by atomic mass is 9.53. The Bertz CT molecular complexity index is 948. The molecule has 31 heavy (non-hydrogen) atoms. The van der Waals surface area contributed by atoms with Gasteiger partial charge in [0.1, 0.15) is 11.1 Å². The highest BCUT2D eigenvalue weighted by Gasteiger charge is 2.51. The number of Topliss-reactive ketones (excluding diaryl/α,β-unsaturated/α-hetero) is 1. The standard InChI is InChI=1S/C23H28N4O3S/c1-12-19(13(2)28)7-18(11-24)21(25-12)31-14(3)20(29)26-22(30)27-23-8-15-4-16(9-23)6-17(5-15)10-23/h7,14-17H,4-6,8-10H2,1-3H3,(H2,26,27,29,30)/t14-,15?,16?,17?,23?/m0/s1. The third-order valence-electron chi connectivity index (χ3n) is 6.99. The second-order valence-electron chi connectivity index (χ2n) is 9.54.